The zero-order valence-corrected chi connectivity index (χ0v) is 24.4. The van der Waals surface area contributed by atoms with Crippen molar-refractivity contribution in [1.29, 1.82) is 0 Å². The van der Waals surface area contributed by atoms with Crippen LogP contribution in [0.25, 0.3) is 0 Å². The molecule has 0 bridgehead atoms. The van der Waals surface area contributed by atoms with Crippen molar-refractivity contribution in [2.24, 2.45) is 5.92 Å². The Morgan fingerprint density at radius 3 is 1.66 bits per heavy atom. The summed E-state index contributed by atoms with van der Waals surface area (Å²) in [6, 6.07) is 0. The molecule has 16 heteroatoms. The van der Waals surface area contributed by atoms with Gasteiger partial charge in [-0.1, -0.05) is 18.2 Å². The summed E-state index contributed by atoms with van der Waals surface area (Å²) >= 11 is 0. The van der Waals surface area contributed by atoms with Gasteiger partial charge in [0.15, 0.2) is 18.9 Å². The highest BCUT2D eigenvalue weighted by atomic mass is 16.8. The molecule has 0 amide bonds. The fraction of sp³-hybridized carbons (Fsp3) is 0.857. The number of hydrogen-bond donors (Lipinski definition) is 10. The van der Waals surface area contributed by atoms with Crippen LogP contribution in [0.15, 0.2) is 23.8 Å². The van der Waals surface area contributed by atoms with Crippen LogP contribution in [-0.2, 0) is 28.4 Å². The molecule has 16 atom stereocenters. The Labute approximate surface area is 254 Å². The molecule has 0 spiro atoms. The summed E-state index contributed by atoms with van der Waals surface area (Å²) in [5, 5.41) is 103. The first-order chi connectivity index (χ1) is 20.9. The normalized spacial score (nSPS) is 46.8. The Bertz CT molecular complexity index is 960. The maximum absolute atomic E-state index is 10.9. The monoisotopic (exact) mass is 638 g/mol. The fourth-order valence-electron chi connectivity index (χ4n) is 5.84. The van der Waals surface area contributed by atoms with Crippen molar-refractivity contribution in [2.75, 3.05) is 26.4 Å². The van der Waals surface area contributed by atoms with Crippen molar-refractivity contribution in [3.63, 3.8) is 0 Å². The van der Waals surface area contributed by atoms with Gasteiger partial charge in [0.05, 0.1) is 26.4 Å². The van der Waals surface area contributed by atoms with E-state index in [1.165, 1.54) is 0 Å². The van der Waals surface area contributed by atoms with E-state index in [1.54, 1.807) is 0 Å². The minimum Gasteiger partial charge on any atom is -0.394 e. The summed E-state index contributed by atoms with van der Waals surface area (Å²) in [7, 11) is 0. The fourth-order valence-corrected chi connectivity index (χ4v) is 5.84. The molecule has 44 heavy (non-hydrogen) atoms. The van der Waals surface area contributed by atoms with E-state index in [1.807, 2.05) is 13.0 Å². The third kappa shape index (κ3) is 7.69. The molecule has 3 fully saturated rings. The summed E-state index contributed by atoms with van der Waals surface area (Å²) in [5.41, 5.74) is 2.10. The summed E-state index contributed by atoms with van der Waals surface area (Å²) in [6.45, 7) is 3.88. The third-order valence-corrected chi connectivity index (χ3v) is 8.71. The van der Waals surface area contributed by atoms with Gasteiger partial charge >= 0.3 is 0 Å². The average molecular weight is 639 g/mol. The second-order valence-electron chi connectivity index (χ2n) is 11.8. The van der Waals surface area contributed by atoms with Crippen molar-refractivity contribution in [1.82, 2.24) is 0 Å². The molecule has 10 N–H and O–H groups in total. The highest BCUT2D eigenvalue weighted by molar-refractivity contribution is 5.12. The molecular formula is C28H46O16. The SMILES string of the molecule is C=C(C)C1CC=C(CO[C@@H]2O[C@H](CO)[C@@H](O[C@H]3O[C@H](CO)[C@@H](O[C@H]4O[C@H](CO)[C@@H](O)[C@H](O)[C@H]4O)[C@H](O)[C@H]3O)[C@H](O)[C@H]2O)CC1. The van der Waals surface area contributed by atoms with Crippen molar-refractivity contribution in [2.45, 2.75) is 118 Å². The van der Waals surface area contributed by atoms with Crippen LogP contribution in [0.5, 0.6) is 0 Å². The van der Waals surface area contributed by atoms with Gasteiger partial charge in [-0.15, -0.1) is 0 Å². The Kier molecular flexibility index (Phi) is 12.7. The highest BCUT2D eigenvalue weighted by Gasteiger charge is 2.53. The maximum Gasteiger partial charge on any atom is 0.187 e. The van der Waals surface area contributed by atoms with Crippen LogP contribution >= 0.6 is 0 Å². The summed E-state index contributed by atoms with van der Waals surface area (Å²) in [5.74, 6) is 0.393. The molecule has 0 aromatic rings. The minimum absolute atomic E-state index is 0.131. The number of ether oxygens (including phenoxy) is 6. The number of aliphatic hydroxyl groups is 10. The number of rotatable bonds is 11. The molecule has 0 aromatic carbocycles. The van der Waals surface area contributed by atoms with E-state index in [-0.39, 0.29) is 6.61 Å². The number of allylic oxidation sites excluding steroid dienone is 2. The standard InChI is InChI=1S/C28H46O16/c1-11(2)13-5-3-12(4-6-13)10-39-26-22(37)19(34)24(15(8-30)41-26)44-28-23(38)20(35)25(16(9-31)42-28)43-27-21(36)18(33)17(32)14(7-29)40-27/h3,13-38H,1,4-10H2,2H3/t13?,14-,15-,16-,17-,18+,19-,20-,21-,22-,23-,24-,25-,26-,27-,28-/m1/s1. The Balaban J connectivity index is 1.37. The smallest absolute Gasteiger partial charge is 0.187 e. The molecule has 16 nitrogen and oxygen atoms in total. The molecule has 3 aliphatic heterocycles. The topological polar surface area (TPSA) is 258 Å². The molecule has 1 aliphatic carbocycles. The lowest BCUT2D eigenvalue weighted by Crippen LogP contribution is -2.66. The lowest BCUT2D eigenvalue weighted by molar-refractivity contribution is -0.379. The molecule has 0 radical (unpaired) electrons. The van der Waals surface area contributed by atoms with Gasteiger partial charge < -0.3 is 79.5 Å². The Morgan fingerprint density at radius 2 is 1.18 bits per heavy atom. The Hall–Kier alpha value is -1.16. The first kappa shape index (κ1) is 35.7. The molecule has 3 heterocycles. The molecule has 3 saturated heterocycles. The van der Waals surface area contributed by atoms with E-state index >= 15 is 0 Å². The quantitative estimate of drug-likeness (QED) is 0.0961. The van der Waals surface area contributed by atoms with Gasteiger partial charge in [0.25, 0.3) is 0 Å². The van der Waals surface area contributed by atoms with Gasteiger partial charge in [-0.3, -0.25) is 0 Å². The van der Waals surface area contributed by atoms with Crippen LogP contribution in [0.2, 0.25) is 0 Å². The van der Waals surface area contributed by atoms with E-state index < -0.39 is 112 Å². The summed E-state index contributed by atoms with van der Waals surface area (Å²) < 4.78 is 33.5. The zero-order valence-electron chi connectivity index (χ0n) is 24.4. The van der Waals surface area contributed by atoms with Crippen molar-refractivity contribution in [3.8, 4) is 0 Å². The van der Waals surface area contributed by atoms with E-state index in [2.05, 4.69) is 6.58 Å². The van der Waals surface area contributed by atoms with Gasteiger partial charge in [0.1, 0.15) is 73.2 Å². The second kappa shape index (κ2) is 15.6. The van der Waals surface area contributed by atoms with E-state index in [4.69, 9.17) is 28.4 Å². The lowest BCUT2D eigenvalue weighted by Gasteiger charge is -2.48. The largest absolute Gasteiger partial charge is 0.394 e. The molecule has 4 rings (SSSR count). The van der Waals surface area contributed by atoms with Crippen molar-refractivity contribution < 1.29 is 79.5 Å². The number of aliphatic hydroxyl groups excluding tert-OH is 10. The van der Waals surface area contributed by atoms with Gasteiger partial charge in [0.2, 0.25) is 0 Å². The lowest BCUT2D eigenvalue weighted by atomic mass is 9.86. The minimum atomic E-state index is -1.90. The predicted octanol–water partition coefficient (Wildman–Crippen LogP) is -4.25. The van der Waals surface area contributed by atoms with E-state index in [9.17, 15) is 51.1 Å². The van der Waals surface area contributed by atoms with Crippen LogP contribution < -0.4 is 0 Å². The van der Waals surface area contributed by atoms with Crippen LogP contribution in [0, 0.1) is 5.92 Å². The third-order valence-electron chi connectivity index (χ3n) is 8.71. The zero-order chi connectivity index (χ0) is 32.3. The highest BCUT2D eigenvalue weighted by Crippen LogP contribution is 2.33. The van der Waals surface area contributed by atoms with Crippen LogP contribution in [0.4, 0.5) is 0 Å². The summed E-state index contributed by atoms with van der Waals surface area (Å²) in [6.07, 6.45) is -19.6. The molecule has 254 valence electrons. The molecule has 0 saturated carbocycles. The first-order valence-electron chi connectivity index (χ1n) is 14.7. The summed E-state index contributed by atoms with van der Waals surface area (Å²) in [4.78, 5) is 0. The Morgan fingerprint density at radius 1 is 0.705 bits per heavy atom. The predicted molar refractivity (Wildman–Crippen MR) is 145 cm³/mol. The second-order valence-corrected chi connectivity index (χ2v) is 11.8. The first-order valence-corrected chi connectivity index (χ1v) is 14.7. The molecular weight excluding hydrogens is 592 g/mol. The van der Waals surface area contributed by atoms with Crippen LogP contribution in [-0.4, -0.2) is 170 Å². The van der Waals surface area contributed by atoms with Crippen molar-refractivity contribution >= 4 is 0 Å². The molecule has 1 unspecified atom stereocenters. The molecule has 0 aromatic heterocycles. The average Bonchev–Trinajstić information content (AvgIpc) is 3.02. The van der Waals surface area contributed by atoms with Crippen molar-refractivity contribution in [3.05, 3.63) is 23.8 Å². The van der Waals surface area contributed by atoms with E-state index in [0.717, 1.165) is 30.4 Å². The van der Waals surface area contributed by atoms with Gasteiger partial charge in [0, 0.05) is 0 Å². The maximum atomic E-state index is 10.9. The van der Waals surface area contributed by atoms with Crippen LogP contribution in [0.1, 0.15) is 26.2 Å². The number of hydrogen-bond acceptors (Lipinski definition) is 16. The van der Waals surface area contributed by atoms with Gasteiger partial charge in [-0.2, -0.15) is 0 Å². The van der Waals surface area contributed by atoms with Gasteiger partial charge in [-0.05, 0) is 37.7 Å². The van der Waals surface area contributed by atoms with Gasteiger partial charge in [-0.25, -0.2) is 0 Å². The van der Waals surface area contributed by atoms with Crippen LogP contribution in [0.3, 0.4) is 0 Å². The molecule has 4 aliphatic rings. The van der Waals surface area contributed by atoms with E-state index in [0.29, 0.717) is 5.92 Å².